The molecule has 4 rings (SSSR count). The summed E-state index contributed by atoms with van der Waals surface area (Å²) in [6.45, 7) is 0. The fourth-order valence-electron chi connectivity index (χ4n) is 2.46. The highest BCUT2D eigenvalue weighted by molar-refractivity contribution is 7.99. The zero-order valence-electron chi connectivity index (χ0n) is 15.0. The summed E-state index contributed by atoms with van der Waals surface area (Å²) in [6, 6.07) is 6.72. The third kappa shape index (κ3) is 4.54. The number of aromatic nitrogens is 5. The average molecular weight is 416 g/mol. The number of aryl methyl sites for hydroxylation is 1. The lowest BCUT2D eigenvalue weighted by Gasteiger charge is -2.06. The molecule has 0 unspecified atom stereocenters. The summed E-state index contributed by atoms with van der Waals surface area (Å²) in [5.74, 6) is 0.345. The summed E-state index contributed by atoms with van der Waals surface area (Å²) in [6.07, 6.45) is 2.36. The molecule has 1 saturated carbocycles. The van der Waals surface area contributed by atoms with E-state index >= 15 is 0 Å². The van der Waals surface area contributed by atoms with Gasteiger partial charge in [0, 0.05) is 29.6 Å². The quantitative estimate of drug-likeness (QED) is 0.570. The predicted molar refractivity (Wildman–Crippen MR) is 107 cm³/mol. The molecule has 1 aliphatic carbocycles. The molecule has 2 aromatic heterocycles. The van der Waals surface area contributed by atoms with Crippen LogP contribution in [0.15, 0.2) is 34.8 Å². The van der Waals surface area contributed by atoms with Crippen LogP contribution in [0.3, 0.4) is 0 Å². The highest BCUT2D eigenvalue weighted by Crippen LogP contribution is 2.40. The number of amides is 2. The van der Waals surface area contributed by atoms with E-state index in [1.165, 1.54) is 40.6 Å². The summed E-state index contributed by atoms with van der Waals surface area (Å²) in [5, 5.41) is 19.8. The van der Waals surface area contributed by atoms with Gasteiger partial charge in [-0.05, 0) is 47.5 Å². The molecule has 2 N–H and O–H groups in total. The molecule has 9 nitrogen and oxygen atoms in total. The lowest BCUT2D eigenvalue weighted by atomic mass is 10.2. The standard InChI is InChI=1S/C17H17N7O2S2/c1-24-17(21-22-23-24)28-9-14(25)18-12-6-4-11(5-7-12)15(26)20-16-19-13(8-27-16)10-2-3-10/h4-8,10H,2-3,9H2,1H3,(H,18,25)(H,19,20,26). The maximum Gasteiger partial charge on any atom is 0.257 e. The van der Waals surface area contributed by atoms with E-state index < -0.39 is 0 Å². The topological polar surface area (TPSA) is 115 Å². The molecule has 0 bridgehead atoms. The zero-order chi connectivity index (χ0) is 19.5. The lowest BCUT2D eigenvalue weighted by Crippen LogP contribution is -2.15. The molecular formula is C17H17N7O2S2. The van der Waals surface area contributed by atoms with E-state index in [0.29, 0.717) is 27.5 Å². The normalized spacial score (nSPS) is 13.3. The van der Waals surface area contributed by atoms with Gasteiger partial charge in [0.15, 0.2) is 5.13 Å². The molecule has 0 saturated heterocycles. The van der Waals surface area contributed by atoms with Crippen molar-refractivity contribution < 1.29 is 9.59 Å². The Balaban J connectivity index is 1.29. The first-order valence-electron chi connectivity index (χ1n) is 8.60. The van der Waals surface area contributed by atoms with Crippen molar-refractivity contribution in [3.63, 3.8) is 0 Å². The van der Waals surface area contributed by atoms with Gasteiger partial charge in [0.05, 0.1) is 11.4 Å². The van der Waals surface area contributed by atoms with Gasteiger partial charge in [-0.1, -0.05) is 11.8 Å². The second-order valence-electron chi connectivity index (χ2n) is 6.31. The van der Waals surface area contributed by atoms with Crippen LogP contribution in [0.25, 0.3) is 0 Å². The van der Waals surface area contributed by atoms with Crippen LogP contribution in [0.4, 0.5) is 10.8 Å². The van der Waals surface area contributed by atoms with Crippen LogP contribution in [0.2, 0.25) is 0 Å². The summed E-state index contributed by atoms with van der Waals surface area (Å²) in [7, 11) is 1.71. The first-order chi connectivity index (χ1) is 13.6. The van der Waals surface area contributed by atoms with Crippen LogP contribution >= 0.6 is 23.1 Å². The molecule has 0 aliphatic heterocycles. The zero-order valence-corrected chi connectivity index (χ0v) is 16.6. The van der Waals surface area contributed by atoms with Crippen LogP contribution in [-0.4, -0.2) is 42.8 Å². The Bertz CT molecular complexity index is 995. The Labute approximate surface area is 168 Å². The van der Waals surface area contributed by atoms with Gasteiger partial charge in [0.25, 0.3) is 5.91 Å². The Morgan fingerprint density at radius 1 is 1.25 bits per heavy atom. The Morgan fingerprint density at radius 3 is 2.71 bits per heavy atom. The maximum atomic E-state index is 12.4. The Kier molecular flexibility index (Phi) is 5.35. The van der Waals surface area contributed by atoms with Gasteiger partial charge in [0.2, 0.25) is 11.1 Å². The number of anilines is 2. The molecule has 2 amide bonds. The third-order valence-electron chi connectivity index (χ3n) is 4.08. The van der Waals surface area contributed by atoms with Gasteiger partial charge in [-0.15, -0.1) is 16.4 Å². The number of nitrogens with one attached hydrogen (secondary N) is 2. The minimum Gasteiger partial charge on any atom is -0.325 e. The van der Waals surface area contributed by atoms with E-state index in [-0.39, 0.29) is 17.6 Å². The Hall–Kier alpha value is -2.79. The fraction of sp³-hybridized carbons (Fsp3) is 0.294. The number of benzene rings is 1. The van der Waals surface area contributed by atoms with Crippen LogP contribution in [-0.2, 0) is 11.8 Å². The minimum absolute atomic E-state index is 0.180. The lowest BCUT2D eigenvalue weighted by molar-refractivity contribution is -0.113. The van der Waals surface area contributed by atoms with Gasteiger partial charge >= 0.3 is 0 Å². The van der Waals surface area contributed by atoms with Gasteiger partial charge in [-0.25, -0.2) is 9.67 Å². The van der Waals surface area contributed by atoms with Crippen LogP contribution in [0.1, 0.15) is 34.8 Å². The second-order valence-corrected chi connectivity index (χ2v) is 8.11. The highest BCUT2D eigenvalue weighted by atomic mass is 32.2. The summed E-state index contributed by atoms with van der Waals surface area (Å²) in [5.41, 5.74) is 2.18. The van der Waals surface area contributed by atoms with Crippen LogP contribution < -0.4 is 10.6 Å². The highest BCUT2D eigenvalue weighted by Gasteiger charge is 2.26. The number of hydrogen-bond donors (Lipinski definition) is 2. The largest absolute Gasteiger partial charge is 0.325 e. The van der Waals surface area contributed by atoms with E-state index in [0.717, 1.165) is 5.69 Å². The molecule has 1 aromatic carbocycles. The van der Waals surface area contributed by atoms with Crippen molar-refractivity contribution >= 4 is 45.7 Å². The minimum atomic E-state index is -0.222. The third-order valence-corrected chi connectivity index (χ3v) is 5.87. The summed E-state index contributed by atoms with van der Waals surface area (Å²) < 4.78 is 1.50. The van der Waals surface area contributed by atoms with Crippen molar-refractivity contribution in [3.8, 4) is 0 Å². The molecular weight excluding hydrogens is 398 g/mol. The number of thiazole rings is 1. The number of nitrogens with zero attached hydrogens (tertiary/aromatic N) is 5. The number of thioether (sulfide) groups is 1. The number of hydrogen-bond acceptors (Lipinski definition) is 8. The van der Waals surface area contributed by atoms with Crippen molar-refractivity contribution in [2.45, 2.75) is 23.9 Å². The number of tetrazole rings is 1. The maximum absolute atomic E-state index is 12.4. The molecule has 1 aliphatic rings. The van der Waals surface area contributed by atoms with Crippen molar-refractivity contribution in [2.24, 2.45) is 7.05 Å². The van der Waals surface area contributed by atoms with Crippen molar-refractivity contribution in [2.75, 3.05) is 16.4 Å². The molecule has 0 atom stereocenters. The van der Waals surface area contributed by atoms with Gasteiger partial charge in [-0.3, -0.25) is 14.9 Å². The van der Waals surface area contributed by atoms with Crippen molar-refractivity contribution in [1.82, 2.24) is 25.2 Å². The smallest absolute Gasteiger partial charge is 0.257 e. The molecule has 28 heavy (non-hydrogen) atoms. The van der Waals surface area contributed by atoms with Crippen LogP contribution in [0.5, 0.6) is 0 Å². The van der Waals surface area contributed by atoms with E-state index in [1.807, 2.05) is 5.38 Å². The molecule has 144 valence electrons. The van der Waals surface area contributed by atoms with Crippen molar-refractivity contribution in [1.29, 1.82) is 0 Å². The Morgan fingerprint density at radius 2 is 2.04 bits per heavy atom. The number of rotatable bonds is 7. The molecule has 0 radical (unpaired) electrons. The predicted octanol–water partition coefficient (Wildman–Crippen LogP) is 2.53. The summed E-state index contributed by atoms with van der Waals surface area (Å²) >= 11 is 2.68. The van der Waals surface area contributed by atoms with Gasteiger partial charge < -0.3 is 5.32 Å². The SMILES string of the molecule is Cn1nnnc1SCC(=O)Nc1ccc(C(=O)Nc2nc(C3CC3)cs2)cc1. The molecule has 11 heteroatoms. The second kappa shape index (κ2) is 8.07. The number of carbonyl (C=O) groups is 2. The van der Waals surface area contributed by atoms with E-state index in [4.69, 9.17) is 0 Å². The molecule has 1 fully saturated rings. The fourth-order valence-corrected chi connectivity index (χ4v) is 3.89. The first kappa shape index (κ1) is 18.6. The first-order valence-corrected chi connectivity index (χ1v) is 10.5. The van der Waals surface area contributed by atoms with E-state index in [9.17, 15) is 9.59 Å². The monoisotopic (exact) mass is 415 g/mol. The molecule has 3 aromatic rings. The van der Waals surface area contributed by atoms with E-state index in [1.54, 1.807) is 31.3 Å². The molecule has 2 heterocycles. The van der Waals surface area contributed by atoms with Gasteiger partial charge in [-0.2, -0.15) is 0 Å². The van der Waals surface area contributed by atoms with Gasteiger partial charge in [0.1, 0.15) is 0 Å². The number of carbonyl (C=O) groups excluding carboxylic acids is 2. The average Bonchev–Trinajstić information content (AvgIpc) is 3.30. The van der Waals surface area contributed by atoms with E-state index in [2.05, 4.69) is 31.1 Å². The molecule has 0 spiro atoms. The van der Waals surface area contributed by atoms with Crippen molar-refractivity contribution in [3.05, 3.63) is 40.9 Å². The summed E-state index contributed by atoms with van der Waals surface area (Å²) in [4.78, 5) is 28.9. The van der Waals surface area contributed by atoms with Crippen LogP contribution in [0, 0.1) is 0 Å².